The second kappa shape index (κ2) is 9.20. The quantitative estimate of drug-likeness (QED) is 0.693. The van der Waals surface area contributed by atoms with Gasteiger partial charge in [-0.2, -0.15) is 0 Å². The largest absolute Gasteiger partial charge is 0.495 e. The van der Waals surface area contributed by atoms with Gasteiger partial charge in [0.25, 0.3) is 5.91 Å². The third kappa shape index (κ3) is 4.50. The van der Waals surface area contributed by atoms with Crippen LogP contribution in [0, 0.1) is 0 Å². The van der Waals surface area contributed by atoms with Gasteiger partial charge in [-0.25, -0.2) is 0 Å². The van der Waals surface area contributed by atoms with Crippen LogP contribution in [0.15, 0.2) is 47.4 Å². The molecule has 0 aliphatic carbocycles. The van der Waals surface area contributed by atoms with Gasteiger partial charge in [0.1, 0.15) is 12.3 Å². The Labute approximate surface area is 189 Å². The SMILES string of the molecule is COc1ccc(NC(=O)CN2C(=O)[C@@H](C(=O)N3CCCC3)Sc3ccccc32)cc1Cl. The number of methoxy groups -OCH3 is 1. The van der Waals surface area contributed by atoms with Crippen molar-refractivity contribution in [3.05, 3.63) is 47.5 Å². The molecule has 0 bridgehead atoms. The summed E-state index contributed by atoms with van der Waals surface area (Å²) >= 11 is 7.38. The van der Waals surface area contributed by atoms with Gasteiger partial charge in [0.15, 0.2) is 5.25 Å². The summed E-state index contributed by atoms with van der Waals surface area (Å²) in [5.41, 5.74) is 1.12. The second-order valence-electron chi connectivity index (χ2n) is 7.32. The number of halogens is 1. The van der Waals surface area contributed by atoms with Gasteiger partial charge in [0, 0.05) is 23.7 Å². The second-order valence-corrected chi connectivity index (χ2v) is 8.87. The van der Waals surface area contributed by atoms with Gasteiger partial charge < -0.3 is 19.9 Å². The molecule has 2 aromatic rings. The van der Waals surface area contributed by atoms with Crippen LogP contribution in [0.25, 0.3) is 0 Å². The van der Waals surface area contributed by atoms with Gasteiger partial charge in [-0.15, -0.1) is 11.8 Å². The van der Waals surface area contributed by atoms with Crippen molar-refractivity contribution in [3.8, 4) is 5.75 Å². The fourth-order valence-electron chi connectivity index (χ4n) is 3.73. The van der Waals surface area contributed by atoms with E-state index in [1.54, 1.807) is 29.2 Å². The highest BCUT2D eigenvalue weighted by atomic mass is 35.5. The lowest BCUT2D eigenvalue weighted by atomic mass is 10.2. The van der Waals surface area contributed by atoms with E-state index in [2.05, 4.69) is 5.32 Å². The van der Waals surface area contributed by atoms with Crippen LogP contribution < -0.4 is 15.0 Å². The summed E-state index contributed by atoms with van der Waals surface area (Å²) in [6.07, 6.45) is 1.90. The number of likely N-dealkylation sites (tertiary alicyclic amines) is 1. The molecule has 0 spiro atoms. The van der Waals surface area contributed by atoms with Gasteiger partial charge in [-0.1, -0.05) is 23.7 Å². The number of ether oxygens (including phenoxy) is 1. The van der Waals surface area contributed by atoms with Crippen LogP contribution in [0.3, 0.4) is 0 Å². The van der Waals surface area contributed by atoms with Crippen LogP contribution in [0.5, 0.6) is 5.75 Å². The van der Waals surface area contributed by atoms with E-state index in [4.69, 9.17) is 16.3 Å². The van der Waals surface area contributed by atoms with E-state index < -0.39 is 5.25 Å². The standard InChI is InChI=1S/C22H22ClN3O4S/c1-30-17-9-8-14(12-15(17)23)24-19(27)13-26-16-6-2-3-7-18(16)31-20(22(26)29)21(28)25-10-4-5-11-25/h2-3,6-9,12,20H,4-5,10-11,13H2,1H3,(H,24,27)/t20-/m1/s1. The Bertz CT molecular complexity index is 1030. The van der Waals surface area contributed by atoms with E-state index >= 15 is 0 Å². The van der Waals surface area contributed by atoms with Gasteiger partial charge >= 0.3 is 0 Å². The van der Waals surface area contributed by atoms with E-state index in [9.17, 15) is 14.4 Å². The molecule has 3 amide bonds. The molecule has 2 aromatic carbocycles. The van der Waals surface area contributed by atoms with Crippen molar-refractivity contribution in [2.75, 3.05) is 37.0 Å². The normalized spacial score (nSPS) is 18.0. The highest BCUT2D eigenvalue weighted by molar-refractivity contribution is 8.01. The predicted molar refractivity (Wildman–Crippen MR) is 121 cm³/mol. The van der Waals surface area contributed by atoms with Crippen LogP contribution >= 0.6 is 23.4 Å². The predicted octanol–water partition coefficient (Wildman–Crippen LogP) is 3.42. The first-order valence-corrected chi connectivity index (χ1v) is 11.2. The number of anilines is 2. The van der Waals surface area contributed by atoms with E-state index in [0.29, 0.717) is 35.2 Å². The van der Waals surface area contributed by atoms with Gasteiger partial charge in [0.2, 0.25) is 11.8 Å². The van der Waals surface area contributed by atoms with E-state index in [1.807, 2.05) is 18.2 Å². The molecular weight excluding hydrogens is 438 g/mol. The fourth-order valence-corrected chi connectivity index (χ4v) is 5.17. The number of hydrogen-bond acceptors (Lipinski definition) is 5. The van der Waals surface area contributed by atoms with Gasteiger partial charge in [0.05, 0.1) is 17.8 Å². The summed E-state index contributed by atoms with van der Waals surface area (Å²) in [5.74, 6) is -0.443. The molecule has 1 fully saturated rings. The molecule has 1 saturated heterocycles. The Balaban J connectivity index is 1.54. The number of fused-ring (bicyclic) bond motifs is 1. The number of hydrogen-bond donors (Lipinski definition) is 1. The number of benzene rings is 2. The molecule has 1 N–H and O–H groups in total. The highest BCUT2D eigenvalue weighted by Crippen LogP contribution is 2.40. The lowest BCUT2D eigenvalue weighted by Gasteiger charge is -2.34. The van der Waals surface area contributed by atoms with E-state index in [-0.39, 0.29) is 24.3 Å². The first-order chi connectivity index (χ1) is 15.0. The number of thioether (sulfide) groups is 1. The van der Waals surface area contributed by atoms with Gasteiger partial charge in [-0.3, -0.25) is 14.4 Å². The number of amides is 3. The summed E-state index contributed by atoms with van der Waals surface area (Å²) in [5, 5.41) is 2.25. The first-order valence-electron chi connectivity index (χ1n) is 9.97. The molecule has 2 aliphatic heterocycles. The van der Waals surface area contributed by atoms with Crippen molar-refractivity contribution in [1.29, 1.82) is 0 Å². The first kappa shape index (κ1) is 21.5. The van der Waals surface area contributed by atoms with Crippen molar-refractivity contribution in [2.45, 2.75) is 23.0 Å². The molecule has 1 atom stereocenters. The average molecular weight is 460 g/mol. The molecule has 2 heterocycles. The minimum Gasteiger partial charge on any atom is -0.495 e. The van der Waals surface area contributed by atoms with Gasteiger partial charge in [-0.05, 0) is 43.2 Å². The molecular formula is C22H22ClN3O4S. The highest BCUT2D eigenvalue weighted by Gasteiger charge is 2.41. The van der Waals surface area contributed by atoms with Crippen molar-refractivity contribution in [1.82, 2.24) is 4.90 Å². The van der Waals surface area contributed by atoms with Crippen LogP contribution in [0.1, 0.15) is 12.8 Å². The molecule has 0 unspecified atom stereocenters. The molecule has 0 saturated carbocycles. The molecule has 0 radical (unpaired) electrons. The molecule has 162 valence electrons. The number of rotatable bonds is 5. The minimum atomic E-state index is -0.878. The zero-order valence-electron chi connectivity index (χ0n) is 17.0. The third-order valence-electron chi connectivity index (χ3n) is 5.27. The lowest BCUT2D eigenvalue weighted by Crippen LogP contribution is -2.51. The Morgan fingerprint density at radius 3 is 2.65 bits per heavy atom. The van der Waals surface area contributed by atoms with E-state index in [1.165, 1.54) is 23.8 Å². The van der Waals surface area contributed by atoms with Crippen molar-refractivity contribution in [2.24, 2.45) is 0 Å². The van der Waals surface area contributed by atoms with Crippen molar-refractivity contribution >= 4 is 52.5 Å². The zero-order chi connectivity index (χ0) is 22.0. The zero-order valence-corrected chi connectivity index (χ0v) is 18.5. The number of nitrogens with one attached hydrogen (secondary N) is 1. The lowest BCUT2D eigenvalue weighted by molar-refractivity contribution is -0.134. The minimum absolute atomic E-state index is 0.186. The number of nitrogens with zero attached hydrogens (tertiary/aromatic N) is 2. The summed E-state index contributed by atoms with van der Waals surface area (Å²) in [6, 6.07) is 12.2. The van der Waals surface area contributed by atoms with Crippen LogP contribution in [-0.4, -0.2) is 54.6 Å². The summed E-state index contributed by atoms with van der Waals surface area (Å²) in [7, 11) is 1.51. The molecule has 9 heteroatoms. The summed E-state index contributed by atoms with van der Waals surface area (Å²) < 4.78 is 5.12. The van der Waals surface area contributed by atoms with Crippen molar-refractivity contribution in [3.63, 3.8) is 0 Å². The average Bonchev–Trinajstić information content (AvgIpc) is 3.30. The summed E-state index contributed by atoms with van der Waals surface area (Å²) in [4.78, 5) is 42.9. The Morgan fingerprint density at radius 1 is 1.19 bits per heavy atom. The smallest absolute Gasteiger partial charge is 0.250 e. The molecule has 2 aliphatic rings. The Hall–Kier alpha value is -2.71. The topological polar surface area (TPSA) is 79.0 Å². The molecule has 4 rings (SSSR count). The molecule has 31 heavy (non-hydrogen) atoms. The third-order valence-corrected chi connectivity index (χ3v) is 6.80. The maximum atomic E-state index is 13.3. The van der Waals surface area contributed by atoms with Crippen LogP contribution in [0.4, 0.5) is 11.4 Å². The van der Waals surface area contributed by atoms with Crippen LogP contribution in [0.2, 0.25) is 5.02 Å². The maximum absolute atomic E-state index is 13.3. The monoisotopic (exact) mass is 459 g/mol. The number of carbonyl (C=O) groups excluding carboxylic acids is 3. The molecule has 7 nitrogen and oxygen atoms in total. The van der Waals surface area contributed by atoms with E-state index in [0.717, 1.165) is 17.7 Å². The number of carbonyl (C=O) groups is 3. The fraction of sp³-hybridized carbons (Fsp3) is 0.318. The molecule has 0 aromatic heterocycles. The maximum Gasteiger partial charge on any atom is 0.250 e. The van der Waals surface area contributed by atoms with Crippen LogP contribution in [-0.2, 0) is 14.4 Å². The summed E-state index contributed by atoms with van der Waals surface area (Å²) in [6.45, 7) is 1.14. The Morgan fingerprint density at radius 2 is 1.94 bits per heavy atom. The Kier molecular flexibility index (Phi) is 6.38. The van der Waals surface area contributed by atoms with Crippen molar-refractivity contribution < 1.29 is 19.1 Å². The number of para-hydroxylation sites is 1.